The topological polar surface area (TPSA) is 108 Å². The molecule has 1 heterocycles. The molecular formula is C16H25N3O4. The number of H-pyrrole nitrogens is 1. The summed E-state index contributed by atoms with van der Waals surface area (Å²) in [7, 11) is 1.37. The van der Waals surface area contributed by atoms with Crippen molar-refractivity contribution in [2.45, 2.75) is 46.1 Å². The van der Waals surface area contributed by atoms with Crippen molar-refractivity contribution < 1.29 is 10.2 Å². The number of hydrogen-bond acceptors (Lipinski definition) is 5. The second-order valence-electron chi connectivity index (χ2n) is 7.74. The molecule has 3 N–H and O–H groups in total. The predicted octanol–water partition coefficient (Wildman–Crippen LogP) is 0.775. The molecule has 0 unspecified atom stereocenters. The predicted molar refractivity (Wildman–Crippen MR) is 88.2 cm³/mol. The van der Waals surface area contributed by atoms with Gasteiger partial charge in [0.1, 0.15) is 5.56 Å². The van der Waals surface area contributed by atoms with Crippen LogP contribution >= 0.6 is 0 Å². The summed E-state index contributed by atoms with van der Waals surface area (Å²) in [6.07, 6.45) is 3.29. The zero-order chi connectivity index (χ0) is 17.4. The van der Waals surface area contributed by atoms with Crippen LogP contribution in [0.4, 0.5) is 0 Å². The van der Waals surface area contributed by atoms with E-state index < -0.39 is 17.1 Å². The maximum Gasteiger partial charge on any atom is 0.330 e. The lowest BCUT2D eigenvalue weighted by molar-refractivity contribution is -0.00472. The van der Waals surface area contributed by atoms with E-state index in [0.29, 0.717) is 13.0 Å². The van der Waals surface area contributed by atoms with Crippen LogP contribution < -0.4 is 11.2 Å². The van der Waals surface area contributed by atoms with Crippen molar-refractivity contribution in [3.63, 3.8) is 0 Å². The highest BCUT2D eigenvalue weighted by molar-refractivity contribution is 5.81. The first-order chi connectivity index (χ1) is 10.5. The van der Waals surface area contributed by atoms with E-state index in [0.717, 1.165) is 17.4 Å². The number of aromatic hydroxyl groups is 1. The van der Waals surface area contributed by atoms with Crippen LogP contribution in [-0.2, 0) is 7.05 Å². The van der Waals surface area contributed by atoms with Crippen LogP contribution in [0.5, 0.6) is 5.88 Å². The van der Waals surface area contributed by atoms with Crippen molar-refractivity contribution >= 4 is 6.21 Å². The van der Waals surface area contributed by atoms with Gasteiger partial charge in [-0.15, -0.1) is 0 Å². The molecule has 1 saturated carbocycles. The fourth-order valence-electron chi connectivity index (χ4n) is 3.80. The summed E-state index contributed by atoms with van der Waals surface area (Å²) in [5.41, 5.74) is -1.50. The van der Waals surface area contributed by atoms with Gasteiger partial charge in [0.05, 0.1) is 6.10 Å². The van der Waals surface area contributed by atoms with Crippen molar-refractivity contribution in [1.29, 1.82) is 0 Å². The highest BCUT2D eigenvalue weighted by atomic mass is 16.3. The summed E-state index contributed by atoms with van der Waals surface area (Å²) in [5.74, 6) is -0.406. The number of rotatable bonds is 3. The Balaban J connectivity index is 2.21. The second-order valence-corrected chi connectivity index (χ2v) is 7.74. The second kappa shape index (κ2) is 5.96. The Morgan fingerprint density at radius 1 is 1.35 bits per heavy atom. The Kier molecular flexibility index (Phi) is 4.52. The third-order valence-corrected chi connectivity index (χ3v) is 4.44. The molecule has 0 aliphatic heterocycles. The van der Waals surface area contributed by atoms with E-state index in [2.05, 4.69) is 30.7 Å². The Morgan fingerprint density at radius 3 is 2.61 bits per heavy atom. The lowest BCUT2D eigenvalue weighted by Gasteiger charge is -2.44. The van der Waals surface area contributed by atoms with E-state index in [4.69, 9.17) is 0 Å². The highest BCUT2D eigenvalue weighted by Crippen LogP contribution is 2.46. The first-order valence-corrected chi connectivity index (χ1v) is 7.73. The lowest BCUT2D eigenvalue weighted by Crippen LogP contribution is -2.40. The molecular weight excluding hydrogens is 298 g/mol. The Hall–Kier alpha value is -1.89. The molecule has 1 fully saturated rings. The summed E-state index contributed by atoms with van der Waals surface area (Å²) in [4.78, 5) is 29.6. The minimum atomic E-state index is -0.672. The van der Waals surface area contributed by atoms with Crippen LogP contribution in [0.15, 0.2) is 14.6 Å². The normalized spacial score (nSPS) is 27.4. The van der Waals surface area contributed by atoms with Crippen LogP contribution in [-0.4, -0.2) is 38.6 Å². The molecule has 0 saturated heterocycles. The zero-order valence-corrected chi connectivity index (χ0v) is 14.1. The van der Waals surface area contributed by atoms with Crippen LogP contribution in [0.1, 0.15) is 45.6 Å². The fourth-order valence-corrected chi connectivity index (χ4v) is 3.80. The molecule has 0 amide bonds. The van der Waals surface area contributed by atoms with Crippen molar-refractivity contribution in [2.24, 2.45) is 22.9 Å². The molecule has 0 spiro atoms. The van der Waals surface area contributed by atoms with Gasteiger partial charge in [0.25, 0.3) is 5.56 Å². The zero-order valence-electron chi connectivity index (χ0n) is 14.1. The quantitative estimate of drug-likeness (QED) is 0.714. The largest absolute Gasteiger partial charge is 0.494 e. The van der Waals surface area contributed by atoms with Gasteiger partial charge >= 0.3 is 5.69 Å². The Labute approximate surface area is 134 Å². The van der Waals surface area contributed by atoms with Crippen LogP contribution in [0.2, 0.25) is 0 Å². The molecule has 1 aliphatic rings. The number of aliphatic hydroxyl groups excluding tert-OH is 1. The third kappa shape index (κ3) is 3.90. The molecule has 7 heteroatoms. The van der Waals surface area contributed by atoms with E-state index in [1.165, 1.54) is 13.3 Å². The van der Waals surface area contributed by atoms with Crippen LogP contribution in [0.3, 0.4) is 0 Å². The fraction of sp³-hybridized carbons (Fsp3) is 0.688. The maximum absolute atomic E-state index is 11.8. The molecule has 2 atom stereocenters. The van der Waals surface area contributed by atoms with Gasteiger partial charge in [-0.2, -0.15) is 0 Å². The lowest BCUT2D eigenvalue weighted by atomic mass is 9.63. The van der Waals surface area contributed by atoms with E-state index >= 15 is 0 Å². The Morgan fingerprint density at radius 2 is 2.00 bits per heavy atom. The van der Waals surface area contributed by atoms with Gasteiger partial charge in [-0.25, -0.2) is 4.79 Å². The minimum absolute atomic E-state index is 0.0358. The van der Waals surface area contributed by atoms with Crippen molar-refractivity contribution in [1.82, 2.24) is 9.55 Å². The van der Waals surface area contributed by atoms with Gasteiger partial charge < -0.3 is 10.2 Å². The summed E-state index contributed by atoms with van der Waals surface area (Å²) in [6.45, 7) is 6.76. The van der Waals surface area contributed by atoms with Crippen molar-refractivity contribution in [2.75, 3.05) is 6.54 Å². The smallest absolute Gasteiger partial charge is 0.330 e. The van der Waals surface area contributed by atoms with E-state index in [1.54, 1.807) is 0 Å². The summed E-state index contributed by atoms with van der Waals surface area (Å²) in [6, 6.07) is 0. The van der Waals surface area contributed by atoms with Gasteiger partial charge in [-0.1, -0.05) is 20.8 Å². The number of aromatic nitrogens is 2. The average Bonchev–Trinajstić information content (AvgIpc) is 2.37. The van der Waals surface area contributed by atoms with Gasteiger partial charge in [0, 0.05) is 19.8 Å². The number of aliphatic hydroxyl groups is 1. The monoisotopic (exact) mass is 323 g/mol. The molecule has 0 radical (unpaired) electrons. The van der Waals surface area contributed by atoms with E-state index in [9.17, 15) is 19.8 Å². The first-order valence-electron chi connectivity index (χ1n) is 7.73. The molecule has 0 aromatic carbocycles. The molecule has 0 bridgehead atoms. The molecule has 2 rings (SSSR count). The van der Waals surface area contributed by atoms with Gasteiger partial charge in [-0.05, 0) is 30.1 Å². The minimum Gasteiger partial charge on any atom is -0.494 e. The first kappa shape index (κ1) is 17.5. The Bertz CT molecular complexity index is 732. The van der Waals surface area contributed by atoms with Crippen LogP contribution in [0, 0.1) is 10.8 Å². The average molecular weight is 323 g/mol. The molecule has 1 aliphatic carbocycles. The van der Waals surface area contributed by atoms with Crippen LogP contribution in [0.25, 0.3) is 0 Å². The number of hydrogen-bond donors (Lipinski definition) is 3. The van der Waals surface area contributed by atoms with Gasteiger partial charge in [-0.3, -0.25) is 19.3 Å². The highest BCUT2D eigenvalue weighted by Gasteiger charge is 2.40. The number of nitrogens with one attached hydrogen (secondary N) is 1. The number of aliphatic imine (C=N–C) groups is 1. The summed E-state index contributed by atoms with van der Waals surface area (Å²) >= 11 is 0. The van der Waals surface area contributed by atoms with Gasteiger partial charge in [0.2, 0.25) is 5.88 Å². The summed E-state index contributed by atoms with van der Waals surface area (Å²) in [5, 5.41) is 20.0. The molecule has 23 heavy (non-hydrogen) atoms. The van der Waals surface area contributed by atoms with E-state index in [1.807, 2.05) is 0 Å². The number of nitrogens with zero attached hydrogens (tertiary/aromatic N) is 2. The SMILES string of the molecule is Cn1c(O)c(C=NC[C@]2(C)C[C@H](O)CC(C)(C)C2)c(=O)[nH]c1=O. The molecule has 7 nitrogen and oxygen atoms in total. The molecule has 1 aromatic heterocycles. The van der Waals surface area contributed by atoms with Crippen molar-refractivity contribution in [3.05, 3.63) is 26.4 Å². The molecule has 128 valence electrons. The van der Waals surface area contributed by atoms with E-state index in [-0.39, 0.29) is 22.5 Å². The summed E-state index contributed by atoms with van der Waals surface area (Å²) < 4.78 is 0.956. The maximum atomic E-state index is 11.8. The third-order valence-electron chi connectivity index (χ3n) is 4.44. The molecule has 1 aromatic rings. The van der Waals surface area contributed by atoms with Crippen molar-refractivity contribution in [3.8, 4) is 5.88 Å². The van der Waals surface area contributed by atoms with Gasteiger partial charge in [0.15, 0.2) is 0 Å². The number of aromatic amines is 1. The standard InChI is InChI=1S/C16H25N3O4/c1-15(2)5-10(20)6-16(3,8-15)9-17-7-11-12(21)18-14(23)19(4)13(11)22/h7,10,20,22H,5-6,8-9H2,1-4H3,(H,18,21,23)/t10-,16-/m1/s1.